The molecule has 1 heterocycles. The molecule has 8 aromatic rings. The van der Waals surface area contributed by atoms with Gasteiger partial charge in [0, 0.05) is 32.8 Å². The average molecular weight is 668 g/mol. The van der Waals surface area contributed by atoms with Crippen molar-refractivity contribution in [2.75, 3.05) is 4.90 Å². The standard InChI is InChI=1S/C49H33NS/c1-31-36-16-7-8-18-38(36)39-26-24-34(29-42(31)39)50(33-14-3-2-4-15-33)35-25-27-45-47(30-35)51-46-28-23-32-13-5-6-17-37(32)48(46)49(45)43-21-11-9-19-40(43)41-20-10-12-22-44(41)49/h2-31H,1H3. The van der Waals surface area contributed by atoms with Crippen molar-refractivity contribution in [3.05, 3.63) is 209 Å². The summed E-state index contributed by atoms with van der Waals surface area (Å²) in [6, 6.07) is 65.8. The van der Waals surface area contributed by atoms with Gasteiger partial charge in [-0.3, -0.25) is 0 Å². The maximum Gasteiger partial charge on any atom is 0.0741 e. The van der Waals surface area contributed by atoms with Crippen molar-refractivity contribution in [1.29, 1.82) is 0 Å². The predicted octanol–water partition coefficient (Wildman–Crippen LogP) is 13.3. The summed E-state index contributed by atoms with van der Waals surface area (Å²) in [6.07, 6.45) is 0. The van der Waals surface area contributed by atoms with Gasteiger partial charge in [-0.05, 0) is 109 Å². The molecule has 2 heteroatoms. The Morgan fingerprint density at radius 1 is 0.451 bits per heavy atom. The Morgan fingerprint density at radius 2 is 1.08 bits per heavy atom. The van der Waals surface area contributed by atoms with Gasteiger partial charge in [0.15, 0.2) is 0 Å². The molecule has 0 aromatic heterocycles. The van der Waals surface area contributed by atoms with E-state index in [9.17, 15) is 0 Å². The van der Waals surface area contributed by atoms with E-state index >= 15 is 0 Å². The van der Waals surface area contributed by atoms with E-state index in [1.165, 1.54) is 81.9 Å². The molecule has 51 heavy (non-hydrogen) atoms. The molecule has 1 spiro atoms. The van der Waals surface area contributed by atoms with Crippen molar-refractivity contribution in [3.8, 4) is 22.3 Å². The summed E-state index contributed by atoms with van der Waals surface area (Å²) < 4.78 is 0. The van der Waals surface area contributed by atoms with Crippen LogP contribution in [0.5, 0.6) is 0 Å². The summed E-state index contributed by atoms with van der Waals surface area (Å²) in [5.74, 6) is 0.349. The molecule has 2 aliphatic carbocycles. The Bertz CT molecular complexity index is 2660. The fourth-order valence-corrected chi connectivity index (χ4v) is 10.7. The van der Waals surface area contributed by atoms with Crippen LogP contribution in [-0.4, -0.2) is 0 Å². The molecule has 3 aliphatic rings. The summed E-state index contributed by atoms with van der Waals surface area (Å²) in [7, 11) is 0. The van der Waals surface area contributed by atoms with Gasteiger partial charge < -0.3 is 4.90 Å². The first kappa shape index (κ1) is 29.0. The molecule has 1 aliphatic heterocycles. The number of fused-ring (bicyclic) bond motifs is 14. The summed E-state index contributed by atoms with van der Waals surface area (Å²) >= 11 is 1.91. The Morgan fingerprint density at radius 3 is 1.88 bits per heavy atom. The van der Waals surface area contributed by atoms with Gasteiger partial charge in [0.25, 0.3) is 0 Å². The second kappa shape index (κ2) is 10.8. The minimum absolute atomic E-state index is 0.349. The van der Waals surface area contributed by atoms with E-state index in [4.69, 9.17) is 0 Å². The third kappa shape index (κ3) is 3.94. The first-order valence-electron chi connectivity index (χ1n) is 17.8. The van der Waals surface area contributed by atoms with Gasteiger partial charge >= 0.3 is 0 Å². The summed E-state index contributed by atoms with van der Waals surface area (Å²) in [4.78, 5) is 5.06. The molecule has 0 N–H and O–H groups in total. The average Bonchev–Trinajstić information content (AvgIpc) is 3.64. The van der Waals surface area contributed by atoms with Crippen LogP contribution in [0.2, 0.25) is 0 Å². The van der Waals surface area contributed by atoms with E-state index in [2.05, 4.69) is 188 Å². The van der Waals surface area contributed by atoms with Gasteiger partial charge in [0.1, 0.15) is 0 Å². The van der Waals surface area contributed by atoms with Gasteiger partial charge in [0.05, 0.1) is 5.41 Å². The largest absolute Gasteiger partial charge is 0.310 e. The smallest absolute Gasteiger partial charge is 0.0741 e. The van der Waals surface area contributed by atoms with Crippen molar-refractivity contribution in [3.63, 3.8) is 0 Å². The number of rotatable bonds is 3. The maximum absolute atomic E-state index is 2.45. The van der Waals surface area contributed by atoms with Crippen molar-refractivity contribution in [1.82, 2.24) is 0 Å². The predicted molar refractivity (Wildman–Crippen MR) is 213 cm³/mol. The molecule has 0 amide bonds. The molecule has 0 radical (unpaired) electrons. The van der Waals surface area contributed by atoms with E-state index in [1.807, 2.05) is 11.8 Å². The first-order chi connectivity index (χ1) is 25.2. The van der Waals surface area contributed by atoms with E-state index in [0.29, 0.717) is 5.92 Å². The van der Waals surface area contributed by atoms with Crippen LogP contribution in [0.3, 0.4) is 0 Å². The van der Waals surface area contributed by atoms with Crippen LogP contribution in [0.15, 0.2) is 186 Å². The highest BCUT2D eigenvalue weighted by Crippen LogP contribution is 2.64. The zero-order chi connectivity index (χ0) is 33.7. The molecular formula is C49H33NS. The van der Waals surface area contributed by atoms with E-state index in [-0.39, 0.29) is 0 Å². The van der Waals surface area contributed by atoms with E-state index in [0.717, 1.165) is 11.4 Å². The monoisotopic (exact) mass is 667 g/mol. The van der Waals surface area contributed by atoms with Gasteiger partial charge in [-0.15, -0.1) is 0 Å². The molecule has 11 rings (SSSR count). The molecule has 0 saturated heterocycles. The fourth-order valence-electron chi connectivity index (χ4n) is 9.42. The number of para-hydroxylation sites is 1. The first-order valence-corrected chi connectivity index (χ1v) is 18.7. The summed E-state index contributed by atoms with van der Waals surface area (Å²) in [5.41, 5.74) is 16.7. The quantitative estimate of drug-likeness (QED) is 0.184. The SMILES string of the molecule is CC1c2ccccc2-c2ccc(N(c3ccccc3)c3ccc4c(c3)Sc3ccc5ccccc5c3C43c4ccccc4-c4ccccc43)cc21. The van der Waals surface area contributed by atoms with Crippen molar-refractivity contribution in [2.24, 2.45) is 0 Å². The van der Waals surface area contributed by atoms with Crippen LogP contribution in [0.4, 0.5) is 17.1 Å². The van der Waals surface area contributed by atoms with Crippen LogP contribution in [0, 0.1) is 0 Å². The summed E-state index contributed by atoms with van der Waals surface area (Å²) in [5, 5.41) is 2.60. The maximum atomic E-state index is 2.45. The van der Waals surface area contributed by atoms with Crippen LogP contribution < -0.4 is 4.90 Å². The zero-order valence-electron chi connectivity index (χ0n) is 28.2. The zero-order valence-corrected chi connectivity index (χ0v) is 29.0. The lowest BCUT2D eigenvalue weighted by Gasteiger charge is -2.41. The third-order valence-electron chi connectivity index (χ3n) is 11.6. The fraction of sp³-hybridized carbons (Fsp3) is 0.0612. The number of anilines is 3. The van der Waals surface area contributed by atoms with E-state index < -0.39 is 5.41 Å². The van der Waals surface area contributed by atoms with Gasteiger partial charge in [0.2, 0.25) is 0 Å². The van der Waals surface area contributed by atoms with Crippen molar-refractivity contribution >= 4 is 39.6 Å². The third-order valence-corrected chi connectivity index (χ3v) is 12.7. The van der Waals surface area contributed by atoms with Crippen LogP contribution in [-0.2, 0) is 5.41 Å². The van der Waals surface area contributed by atoms with Gasteiger partial charge in [-0.1, -0.05) is 152 Å². The summed E-state index contributed by atoms with van der Waals surface area (Å²) in [6.45, 7) is 2.34. The molecule has 1 nitrogen and oxygen atoms in total. The molecule has 8 aromatic carbocycles. The van der Waals surface area contributed by atoms with Crippen molar-refractivity contribution in [2.45, 2.75) is 28.0 Å². The lowest BCUT2D eigenvalue weighted by Crippen LogP contribution is -2.32. The molecule has 0 fully saturated rings. The van der Waals surface area contributed by atoms with Crippen molar-refractivity contribution < 1.29 is 0 Å². The van der Waals surface area contributed by atoms with Crippen LogP contribution >= 0.6 is 11.8 Å². The highest BCUT2D eigenvalue weighted by molar-refractivity contribution is 7.99. The normalized spacial score (nSPS) is 15.4. The molecule has 1 unspecified atom stereocenters. The van der Waals surface area contributed by atoms with Gasteiger partial charge in [-0.2, -0.15) is 0 Å². The Balaban J connectivity index is 1.16. The molecule has 0 saturated carbocycles. The molecule has 0 bridgehead atoms. The molecular weight excluding hydrogens is 635 g/mol. The Labute approximate surface area is 302 Å². The molecule has 1 atom stereocenters. The van der Waals surface area contributed by atoms with E-state index in [1.54, 1.807) is 0 Å². The number of nitrogens with zero attached hydrogens (tertiary/aromatic N) is 1. The lowest BCUT2D eigenvalue weighted by atomic mass is 9.66. The minimum atomic E-state index is -0.436. The number of hydrogen-bond acceptors (Lipinski definition) is 2. The highest BCUT2D eigenvalue weighted by Gasteiger charge is 2.51. The van der Waals surface area contributed by atoms with Crippen LogP contribution in [0.25, 0.3) is 33.0 Å². The Hall–Kier alpha value is -5.83. The minimum Gasteiger partial charge on any atom is -0.310 e. The highest BCUT2D eigenvalue weighted by atomic mass is 32.2. The lowest BCUT2D eigenvalue weighted by molar-refractivity contribution is 0.730. The second-order valence-corrected chi connectivity index (χ2v) is 15.1. The number of benzene rings is 8. The van der Waals surface area contributed by atoms with Crippen LogP contribution in [0.1, 0.15) is 46.2 Å². The molecule has 240 valence electrons. The Kier molecular flexibility index (Phi) is 6.15. The van der Waals surface area contributed by atoms with Gasteiger partial charge in [-0.25, -0.2) is 0 Å². The topological polar surface area (TPSA) is 3.24 Å². The second-order valence-electron chi connectivity index (χ2n) is 14.0. The number of hydrogen-bond donors (Lipinski definition) is 0.